The average molecular weight is 232 g/mol. The summed E-state index contributed by atoms with van der Waals surface area (Å²) in [5, 5.41) is 0. The van der Waals surface area contributed by atoms with Gasteiger partial charge in [-0.1, -0.05) is 13.8 Å². The van der Waals surface area contributed by atoms with Gasteiger partial charge >= 0.3 is 0 Å². The maximum Gasteiger partial charge on any atom is 0.216 e. The number of hydrogen-bond donors (Lipinski definition) is 0. The van der Waals surface area contributed by atoms with Gasteiger partial charge in [0.05, 0.1) is 0 Å². The molecule has 0 amide bonds. The van der Waals surface area contributed by atoms with Crippen LogP contribution >= 0.6 is 15.9 Å². The Kier molecular flexibility index (Phi) is 2.83. The van der Waals surface area contributed by atoms with Crippen molar-refractivity contribution in [1.29, 1.82) is 0 Å². The number of halogens is 2. The van der Waals surface area contributed by atoms with Gasteiger partial charge in [0.2, 0.25) is 5.95 Å². The summed E-state index contributed by atoms with van der Waals surface area (Å²) in [5.41, 5.74) is 1.64. The van der Waals surface area contributed by atoms with Crippen LogP contribution in [0.15, 0.2) is 10.7 Å². The third kappa shape index (κ3) is 1.66. The highest BCUT2D eigenvalue weighted by Gasteiger charge is 2.11. The molecule has 1 aromatic rings. The van der Waals surface area contributed by atoms with Gasteiger partial charge in [-0.05, 0) is 34.3 Å². The van der Waals surface area contributed by atoms with Gasteiger partial charge in [-0.25, -0.2) is 4.98 Å². The van der Waals surface area contributed by atoms with Crippen molar-refractivity contribution in [2.45, 2.75) is 26.7 Å². The fraction of sp³-hybridized carbons (Fsp3) is 0.444. The van der Waals surface area contributed by atoms with E-state index in [-0.39, 0.29) is 5.95 Å². The molecule has 0 fully saturated rings. The van der Waals surface area contributed by atoms with Gasteiger partial charge < -0.3 is 0 Å². The van der Waals surface area contributed by atoms with Gasteiger partial charge in [0, 0.05) is 16.2 Å². The minimum Gasteiger partial charge on any atom is -0.227 e. The fourth-order valence-corrected chi connectivity index (χ4v) is 2.14. The monoisotopic (exact) mass is 231 g/mol. The van der Waals surface area contributed by atoms with Gasteiger partial charge in [-0.3, -0.25) is 0 Å². The SMILES string of the molecule is Cc1c(F)ncc(Br)c1C(C)C. The average Bonchev–Trinajstić information content (AvgIpc) is 1.97. The maximum absolute atomic E-state index is 13.0. The van der Waals surface area contributed by atoms with E-state index in [2.05, 4.69) is 20.9 Å². The molecule has 0 spiro atoms. The lowest BCUT2D eigenvalue weighted by atomic mass is 10.0. The Labute approximate surface area is 80.1 Å². The fourth-order valence-electron chi connectivity index (χ4n) is 1.28. The number of hydrogen-bond acceptors (Lipinski definition) is 1. The third-order valence-electron chi connectivity index (χ3n) is 1.84. The van der Waals surface area contributed by atoms with Gasteiger partial charge in [-0.15, -0.1) is 0 Å². The molecule has 0 N–H and O–H groups in total. The molecule has 12 heavy (non-hydrogen) atoms. The summed E-state index contributed by atoms with van der Waals surface area (Å²) >= 11 is 3.35. The van der Waals surface area contributed by atoms with Crippen LogP contribution in [-0.2, 0) is 0 Å². The number of pyridine rings is 1. The molecule has 1 heterocycles. The van der Waals surface area contributed by atoms with Gasteiger partial charge in [-0.2, -0.15) is 4.39 Å². The zero-order valence-corrected chi connectivity index (χ0v) is 8.94. The lowest BCUT2D eigenvalue weighted by Crippen LogP contribution is -1.99. The van der Waals surface area contributed by atoms with E-state index in [1.165, 1.54) is 6.20 Å². The molecule has 1 nitrogen and oxygen atoms in total. The molecule has 0 aliphatic rings. The molecule has 0 saturated carbocycles. The van der Waals surface area contributed by atoms with Crippen LogP contribution in [-0.4, -0.2) is 4.98 Å². The van der Waals surface area contributed by atoms with Gasteiger partial charge in [0.25, 0.3) is 0 Å². The standard InChI is InChI=1S/C9H11BrFN/c1-5(2)8-6(3)9(11)12-4-7(8)10/h4-5H,1-3H3. The molecule has 66 valence electrons. The van der Waals surface area contributed by atoms with Crippen molar-refractivity contribution in [3.8, 4) is 0 Å². The van der Waals surface area contributed by atoms with Gasteiger partial charge in [0.1, 0.15) is 0 Å². The first-order valence-corrected chi connectivity index (χ1v) is 4.63. The van der Waals surface area contributed by atoms with Crippen LogP contribution in [0.5, 0.6) is 0 Å². The maximum atomic E-state index is 13.0. The van der Waals surface area contributed by atoms with E-state index in [1.807, 2.05) is 13.8 Å². The van der Waals surface area contributed by atoms with Crippen molar-refractivity contribution in [3.05, 3.63) is 27.7 Å². The summed E-state index contributed by atoms with van der Waals surface area (Å²) in [5.74, 6) is -0.0567. The van der Waals surface area contributed by atoms with E-state index in [9.17, 15) is 4.39 Å². The summed E-state index contributed by atoms with van der Waals surface area (Å²) in [6.07, 6.45) is 1.51. The molecule has 0 unspecified atom stereocenters. The molecule has 0 aliphatic heterocycles. The Hall–Kier alpha value is -0.440. The lowest BCUT2D eigenvalue weighted by molar-refractivity contribution is 0.567. The number of aromatic nitrogens is 1. The summed E-state index contributed by atoms with van der Waals surface area (Å²) in [6, 6.07) is 0. The molecule has 0 radical (unpaired) electrons. The molecule has 0 bridgehead atoms. The Morgan fingerprint density at radius 2 is 2.08 bits per heavy atom. The molecule has 0 atom stereocenters. The van der Waals surface area contributed by atoms with E-state index in [4.69, 9.17) is 0 Å². The van der Waals surface area contributed by atoms with Crippen LogP contribution in [0.25, 0.3) is 0 Å². The Balaban J connectivity index is 3.33. The molecule has 1 aromatic heterocycles. The Bertz CT molecular complexity index is 297. The van der Waals surface area contributed by atoms with E-state index in [1.54, 1.807) is 6.92 Å². The van der Waals surface area contributed by atoms with Crippen LogP contribution in [0.4, 0.5) is 4.39 Å². The third-order valence-corrected chi connectivity index (χ3v) is 2.47. The van der Waals surface area contributed by atoms with E-state index >= 15 is 0 Å². The minimum atomic E-state index is -0.373. The predicted octanol–water partition coefficient (Wildman–Crippen LogP) is 3.42. The minimum absolute atomic E-state index is 0.317. The van der Waals surface area contributed by atoms with Crippen LogP contribution in [0.2, 0.25) is 0 Å². The molecular weight excluding hydrogens is 221 g/mol. The van der Waals surface area contributed by atoms with Crippen molar-refractivity contribution in [2.24, 2.45) is 0 Å². The predicted molar refractivity (Wildman–Crippen MR) is 50.7 cm³/mol. The first-order valence-electron chi connectivity index (χ1n) is 3.84. The highest BCUT2D eigenvalue weighted by molar-refractivity contribution is 9.10. The summed E-state index contributed by atoms with van der Waals surface area (Å²) in [4.78, 5) is 3.61. The highest BCUT2D eigenvalue weighted by atomic mass is 79.9. The number of nitrogens with zero attached hydrogens (tertiary/aromatic N) is 1. The molecule has 0 saturated heterocycles. The topological polar surface area (TPSA) is 12.9 Å². The van der Waals surface area contributed by atoms with Crippen molar-refractivity contribution in [2.75, 3.05) is 0 Å². The molecule has 3 heteroatoms. The van der Waals surface area contributed by atoms with Crippen LogP contribution in [0, 0.1) is 12.9 Å². The summed E-state index contributed by atoms with van der Waals surface area (Å²) < 4.78 is 13.9. The number of rotatable bonds is 1. The molecular formula is C9H11BrFN. The van der Waals surface area contributed by atoms with E-state index < -0.39 is 0 Å². The van der Waals surface area contributed by atoms with E-state index in [0.717, 1.165) is 10.0 Å². The van der Waals surface area contributed by atoms with Crippen LogP contribution < -0.4 is 0 Å². The highest BCUT2D eigenvalue weighted by Crippen LogP contribution is 2.27. The molecule has 0 aliphatic carbocycles. The van der Waals surface area contributed by atoms with Crippen LogP contribution in [0.3, 0.4) is 0 Å². The Morgan fingerprint density at radius 1 is 1.50 bits per heavy atom. The summed E-state index contributed by atoms with van der Waals surface area (Å²) in [7, 11) is 0. The van der Waals surface area contributed by atoms with Crippen LogP contribution in [0.1, 0.15) is 30.9 Å². The summed E-state index contributed by atoms with van der Waals surface area (Å²) in [6.45, 7) is 5.82. The zero-order chi connectivity index (χ0) is 9.30. The van der Waals surface area contributed by atoms with Gasteiger partial charge in [0.15, 0.2) is 0 Å². The molecule has 1 rings (SSSR count). The largest absolute Gasteiger partial charge is 0.227 e. The second kappa shape index (κ2) is 3.52. The van der Waals surface area contributed by atoms with Crippen molar-refractivity contribution in [1.82, 2.24) is 4.98 Å². The second-order valence-electron chi connectivity index (χ2n) is 3.09. The normalized spacial score (nSPS) is 10.8. The zero-order valence-electron chi connectivity index (χ0n) is 7.36. The Morgan fingerprint density at radius 3 is 2.50 bits per heavy atom. The van der Waals surface area contributed by atoms with Crippen molar-refractivity contribution in [3.63, 3.8) is 0 Å². The smallest absolute Gasteiger partial charge is 0.216 e. The molecule has 0 aromatic carbocycles. The van der Waals surface area contributed by atoms with Crippen molar-refractivity contribution >= 4 is 15.9 Å². The first kappa shape index (κ1) is 9.65. The first-order chi connectivity index (χ1) is 5.54. The van der Waals surface area contributed by atoms with E-state index in [0.29, 0.717) is 11.5 Å². The second-order valence-corrected chi connectivity index (χ2v) is 3.94. The quantitative estimate of drug-likeness (QED) is 0.676. The van der Waals surface area contributed by atoms with Crippen molar-refractivity contribution < 1.29 is 4.39 Å². The lowest BCUT2D eigenvalue weighted by Gasteiger charge is -2.11.